The van der Waals surface area contributed by atoms with Gasteiger partial charge in [-0.25, -0.2) is 18.4 Å². The summed E-state index contributed by atoms with van der Waals surface area (Å²) >= 11 is 0. The first-order chi connectivity index (χ1) is 10.1. The Morgan fingerprint density at radius 3 is 2.57 bits per heavy atom. The van der Waals surface area contributed by atoms with E-state index in [1.807, 2.05) is 18.3 Å². The first kappa shape index (κ1) is 13.2. The van der Waals surface area contributed by atoms with Gasteiger partial charge in [-0.3, -0.25) is 0 Å². The molecule has 2 aromatic heterocycles. The minimum Gasteiger partial charge on any atom is -0.309 e. The molecule has 5 nitrogen and oxygen atoms in total. The van der Waals surface area contributed by atoms with Crippen LogP contribution < -0.4 is 0 Å². The van der Waals surface area contributed by atoms with Crippen LogP contribution in [0.5, 0.6) is 0 Å². The Kier molecular flexibility index (Phi) is 3.03. The predicted molar refractivity (Wildman–Crippen MR) is 81.0 cm³/mol. The lowest BCUT2D eigenvalue weighted by atomic mass is 9.91. The Morgan fingerprint density at radius 2 is 1.90 bits per heavy atom. The van der Waals surface area contributed by atoms with Crippen LogP contribution in [0.15, 0.2) is 18.3 Å². The van der Waals surface area contributed by atoms with Crippen LogP contribution >= 0.6 is 0 Å². The second kappa shape index (κ2) is 4.80. The maximum Gasteiger partial charge on any atom is 0.160 e. The zero-order valence-electron chi connectivity index (χ0n) is 11.9. The fourth-order valence-electron chi connectivity index (χ4n) is 3.39. The standard InChI is InChI=1S/C15H19N3O2S/c19-21(20)9-6-11(7-10-21)14-17-13-5-2-8-16-15(13)18(14)12-3-1-4-12/h2,5,8,11-12H,1,3-4,6-7,9-10H2. The molecule has 21 heavy (non-hydrogen) atoms. The maximum absolute atomic E-state index is 11.6. The van der Waals surface area contributed by atoms with Crippen molar-refractivity contribution in [3.8, 4) is 0 Å². The summed E-state index contributed by atoms with van der Waals surface area (Å²) in [6, 6.07) is 4.41. The number of aromatic nitrogens is 3. The predicted octanol–water partition coefficient (Wildman–Crippen LogP) is 2.45. The zero-order chi connectivity index (χ0) is 14.4. The number of sulfone groups is 1. The van der Waals surface area contributed by atoms with Crippen molar-refractivity contribution in [2.24, 2.45) is 0 Å². The van der Waals surface area contributed by atoms with Crippen LogP contribution in [-0.2, 0) is 9.84 Å². The van der Waals surface area contributed by atoms with E-state index in [1.54, 1.807) is 0 Å². The highest BCUT2D eigenvalue weighted by Crippen LogP contribution is 2.39. The first-order valence-electron chi connectivity index (χ1n) is 7.67. The van der Waals surface area contributed by atoms with Crippen molar-refractivity contribution < 1.29 is 8.42 Å². The minimum absolute atomic E-state index is 0.253. The molecule has 112 valence electrons. The van der Waals surface area contributed by atoms with E-state index in [1.165, 1.54) is 19.3 Å². The van der Waals surface area contributed by atoms with E-state index in [4.69, 9.17) is 4.98 Å². The number of fused-ring (bicyclic) bond motifs is 1. The van der Waals surface area contributed by atoms with Crippen LogP contribution in [0.3, 0.4) is 0 Å². The Bertz CT molecular complexity index is 763. The second-order valence-corrected chi connectivity index (χ2v) is 8.50. The number of rotatable bonds is 2. The highest BCUT2D eigenvalue weighted by molar-refractivity contribution is 7.91. The van der Waals surface area contributed by atoms with Crippen LogP contribution in [0.1, 0.15) is 49.9 Å². The topological polar surface area (TPSA) is 64.8 Å². The van der Waals surface area contributed by atoms with Crippen molar-refractivity contribution in [2.75, 3.05) is 11.5 Å². The summed E-state index contributed by atoms with van der Waals surface area (Å²) in [5.41, 5.74) is 1.90. The summed E-state index contributed by atoms with van der Waals surface area (Å²) in [5.74, 6) is 1.89. The van der Waals surface area contributed by atoms with E-state index in [0.717, 1.165) is 17.0 Å². The molecule has 0 unspecified atom stereocenters. The second-order valence-electron chi connectivity index (χ2n) is 6.20. The third-order valence-electron chi connectivity index (χ3n) is 4.84. The van der Waals surface area contributed by atoms with Gasteiger partial charge in [-0.1, -0.05) is 0 Å². The van der Waals surface area contributed by atoms with Crippen LogP contribution in [-0.4, -0.2) is 34.5 Å². The third kappa shape index (κ3) is 2.25. The van der Waals surface area contributed by atoms with Gasteiger partial charge in [-0.05, 0) is 44.2 Å². The molecule has 1 saturated heterocycles. The molecular weight excluding hydrogens is 286 g/mol. The van der Waals surface area contributed by atoms with Gasteiger partial charge in [0.1, 0.15) is 21.2 Å². The lowest BCUT2D eigenvalue weighted by Crippen LogP contribution is -2.26. The molecule has 0 aromatic carbocycles. The van der Waals surface area contributed by atoms with Crippen molar-refractivity contribution in [3.63, 3.8) is 0 Å². The Morgan fingerprint density at radius 1 is 1.14 bits per heavy atom. The van der Waals surface area contributed by atoms with Crippen molar-refractivity contribution in [2.45, 2.75) is 44.1 Å². The lowest BCUT2D eigenvalue weighted by molar-refractivity contribution is 0.305. The molecule has 2 fully saturated rings. The summed E-state index contributed by atoms with van der Waals surface area (Å²) in [6.45, 7) is 0. The molecule has 0 radical (unpaired) electrons. The smallest absolute Gasteiger partial charge is 0.160 e. The third-order valence-corrected chi connectivity index (χ3v) is 6.55. The molecule has 0 spiro atoms. The van der Waals surface area contributed by atoms with Gasteiger partial charge in [0.25, 0.3) is 0 Å². The number of imidazole rings is 1. The van der Waals surface area contributed by atoms with Crippen LogP contribution in [0.25, 0.3) is 11.2 Å². The van der Waals surface area contributed by atoms with Gasteiger partial charge in [0.15, 0.2) is 5.65 Å². The number of hydrogen-bond donors (Lipinski definition) is 0. The van der Waals surface area contributed by atoms with Gasteiger partial charge < -0.3 is 4.57 Å². The van der Waals surface area contributed by atoms with E-state index in [0.29, 0.717) is 30.4 Å². The monoisotopic (exact) mass is 305 g/mol. The number of pyridine rings is 1. The van der Waals surface area contributed by atoms with Crippen molar-refractivity contribution in [3.05, 3.63) is 24.2 Å². The molecule has 1 saturated carbocycles. The molecule has 0 N–H and O–H groups in total. The van der Waals surface area contributed by atoms with Gasteiger partial charge in [-0.2, -0.15) is 0 Å². The lowest BCUT2D eigenvalue weighted by Gasteiger charge is -2.31. The maximum atomic E-state index is 11.6. The quantitative estimate of drug-likeness (QED) is 0.855. The van der Waals surface area contributed by atoms with E-state index in [9.17, 15) is 8.42 Å². The molecule has 2 aromatic rings. The summed E-state index contributed by atoms with van der Waals surface area (Å²) in [5, 5.41) is 0. The van der Waals surface area contributed by atoms with Gasteiger partial charge in [0, 0.05) is 18.2 Å². The molecule has 1 aliphatic heterocycles. The van der Waals surface area contributed by atoms with E-state index in [-0.39, 0.29) is 5.92 Å². The molecule has 6 heteroatoms. The summed E-state index contributed by atoms with van der Waals surface area (Å²) < 4.78 is 25.6. The van der Waals surface area contributed by atoms with Crippen molar-refractivity contribution in [1.82, 2.24) is 14.5 Å². The SMILES string of the molecule is O=S1(=O)CCC(c2nc3cccnc3n2C2CCC2)CC1. The Hall–Kier alpha value is -1.43. The van der Waals surface area contributed by atoms with Crippen LogP contribution in [0, 0.1) is 0 Å². The highest BCUT2D eigenvalue weighted by atomic mass is 32.2. The average molecular weight is 305 g/mol. The van der Waals surface area contributed by atoms with Gasteiger partial charge in [0.2, 0.25) is 0 Å². The molecule has 0 atom stereocenters. The number of hydrogen-bond acceptors (Lipinski definition) is 4. The summed E-state index contributed by atoms with van der Waals surface area (Å²) in [4.78, 5) is 9.30. The first-order valence-corrected chi connectivity index (χ1v) is 9.49. The van der Waals surface area contributed by atoms with E-state index < -0.39 is 9.84 Å². The fraction of sp³-hybridized carbons (Fsp3) is 0.600. The molecule has 0 bridgehead atoms. The molecular formula is C15H19N3O2S. The minimum atomic E-state index is -2.83. The van der Waals surface area contributed by atoms with E-state index >= 15 is 0 Å². The molecule has 0 amide bonds. The fourth-order valence-corrected chi connectivity index (χ4v) is 4.88. The molecule has 1 aliphatic carbocycles. The molecule has 2 aliphatic rings. The van der Waals surface area contributed by atoms with Crippen LogP contribution in [0.4, 0.5) is 0 Å². The molecule has 3 heterocycles. The largest absolute Gasteiger partial charge is 0.309 e. The number of nitrogens with zero attached hydrogens (tertiary/aromatic N) is 3. The van der Waals surface area contributed by atoms with Gasteiger partial charge in [-0.15, -0.1) is 0 Å². The average Bonchev–Trinajstić information content (AvgIpc) is 2.77. The van der Waals surface area contributed by atoms with Crippen molar-refractivity contribution in [1.29, 1.82) is 0 Å². The van der Waals surface area contributed by atoms with Crippen molar-refractivity contribution >= 4 is 21.0 Å². The van der Waals surface area contributed by atoms with Crippen LogP contribution in [0.2, 0.25) is 0 Å². The summed E-state index contributed by atoms with van der Waals surface area (Å²) in [6.07, 6.45) is 6.82. The van der Waals surface area contributed by atoms with Gasteiger partial charge in [0.05, 0.1) is 11.5 Å². The Labute approximate surface area is 124 Å². The highest BCUT2D eigenvalue weighted by Gasteiger charge is 2.32. The molecule has 4 rings (SSSR count). The Balaban J connectivity index is 1.77. The van der Waals surface area contributed by atoms with E-state index in [2.05, 4.69) is 9.55 Å². The normalized spacial score (nSPS) is 23.2. The summed E-state index contributed by atoms with van der Waals surface area (Å²) in [7, 11) is -2.83. The van der Waals surface area contributed by atoms with Gasteiger partial charge >= 0.3 is 0 Å². The zero-order valence-corrected chi connectivity index (χ0v) is 12.7.